The Morgan fingerprint density at radius 2 is 2.28 bits per heavy atom. The predicted molar refractivity (Wildman–Crippen MR) is 63.9 cm³/mol. The average Bonchev–Trinajstić information content (AvgIpc) is 3.12. The number of carbonyl (C=O) groups is 1. The lowest BCUT2D eigenvalue weighted by Crippen LogP contribution is -2.28. The van der Waals surface area contributed by atoms with Gasteiger partial charge in [-0.3, -0.25) is 4.79 Å². The van der Waals surface area contributed by atoms with Gasteiger partial charge >= 0.3 is 0 Å². The average molecular weight is 253 g/mol. The number of phenolic OH excluding ortho intramolecular Hbond substituents is 1. The van der Waals surface area contributed by atoms with Gasteiger partial charge in [-0.1, -0.05) is 6.07 Å². The van der Waals surface area contributed by atoms with Crippen molar-refractivity contribution in [2.24, 2.45) is 5.92 Å². The van der Waals surface area contributed by atoms with Crippen molar-refractivity contribution in [1.82, 2.24) is 5.32 Å². The molecule has 5 heteroatoms. The van der Waals surface area contributed by atoms with Crippen LogP contribution in [0.5, 0.6) is 5.75 Å². The normalized spacial score (nSPS) is 14.5. The molecule has 0 aromatic heterocycles. The molecule has 2 N–H and O–H groups in total. The zero-order valence-electron chi connectivity index (χ0n) is 9.99. The van der Waals surface area contributed by atoms with Crippen molar-refractivity contribution >= 4 is 5.91 Å². The van der Waals surface area contributed by atoms with Crippen molar-refractivity contribution < 1.29 is 19.0 Å². The SMILES string of the molecule is O=C(NCCOCC1CC1)c1c(O)cccc1F. The summed E-state index contributed by atoms with van der Waals surface area (Å²) in [6.45, 7) is 1.43. The van der Waals surface area contributed by atoms with Gasteiger partial charge in [-0.05, 0) is 30.9 Å². The summed E-state index contributed by atoms with van der Waals surface area (Å²) in [5.41, 5.74) is -0.320. The minimum absolute atomic E-state index is 0.305. The van der Waals surface area contributed by atoms with Gasteiger partial charge in [-0.2, -0.15) is 0 Å². The minimum Gasteiger partial charge on any atom is -0.507 e. The van der Waals surface area contributed by atoms with Crippen LogP contribution in [0.3, 0.4) is 0 Å². The second kappa shape index (κ2) is 5.82. The number of ether oxygens (including phenoxy) is 1. The summed E-state index contributed by atoms with van der Waals surface area (Å²) in [4.78, 5) is 11.6. The maximum Gasteiger partial charge on any atom is 0.258 e. The van der Waals surface area contributed by atoms with Crippen molar-refractivity contribution in [2.75, 3.05) is 19.8 Å². The lowest BCUT2D eigenvalue weighted by Gasteiger charge is -2.08. The van der Waals surface area contributed by atoms with Gasteiger partial charge in [0.2, 0.25) is 0 Å². The van der Waals surface area contributed by atoms with E-state index < -0.39 is 11.7 Å². The second-order valence-electron chi connectivity index (χ2n) is 4.41. The lowest BCUT2D eigenvalue weighted by molar-refractivity contribution is 0.0900. The highest BCUT2D eigenvalue weighted by molar-refractivity contribution is 5.97. The van der Waals surface area contributed by atoms with Crippen LogP contribution in [0.1, 0.15) is 23.2 Å². The summed E-state index contributed by atoms with van der Waals surface area (Å²) < 4.78 is 18.7. The van der Waals surface area contributed by atoms with Crippen LogP contribution in [0.2, 0.25) is 0 Å². The standard InChI is InChI=1S/C13H16FNO3/c14-10-2-1-3-11(16)12(10)13(17)15-6-7-18-8-9-4-5-9/h1-3,9,16H,4-8H2,(H,15,17). The molecular weight excluding hydrogens is 237 g/mol. The molecule has 1 amide bonds. The minimum atomic E-state index is -0.730. The Bertz CT molecular complexity index is 412. The molecule has 1 aliphatic rings. The molecule has 1 saturated carbocycles. The first-order valence-corrected chi connectivity index (χ1v) is 6.02. The van der Waals surface area contributed by atoms with Crippen molar-refractivity contribution in [1.29, 1.82) is 0 Å². The zero-order valence-corrected chi connectivity index (χ0v) is 9.99. The molecule has 1 aliphatic carbocycles. The Labute approximate surface area is 105 Å². The fourth-order valence-corrected chi connectivity index (χ4v) is 1.60. The van der Waals surface area contributed by atoms with Crippen molar-refractivity contribution in [3.63, 3.8) is 0 Å². The fourth-order valence-electron chi connectivity index (χ4n) is 1.60. The van der Waals surface area contributed by atoms with E-state index in [2.05, 4.69) is 5.32 Å². The first-order valence-electron chi connectivity index (χ1n) is 6.02. The summed E-state index contributed by atoms with van der Waals surface area (Å²) in [7, 11) is 0. The van der Waals surface area contributed by atoms with E-state index in [4.69, 9.17) is 4.74 Å². The molecule has 0 unspecified atom stereocenters. The maximum absolute atomic E-state index is 13.3. The summed E-state index contributed by atoms with van der Waals surface area (Å²) in [6.07, 6.45) is 2.44. The largest absolute Gasteiger partial charge is 0.507 e. The Hall–Kier alpha value is -1.62. The Kier molecular flexibility index (Phi) is 4.15. The van der Waals surface area contributed by atoms with Gasteiger partial charge < -0.3 is 15.2 Å². The van der Waals surface area contributed by atoms with Crippen molar-refractivity contribution in [3.8, 4) is 5.75 Å². The number of rotatable bonds is 6. The molecule has 0 aliphatic heterocycles. The highest BCUT2D eigenvalue weighted by atomic mass is 19.1. The van der Waals surface area contributed by atoms with Crippen LogP contribution >= 0.6 is 0 Å². The van der Waals surface area contributed by atoms with E-state index in [1.165, 1.54) is 25.0 Å². The van der Waals surface area contributed by atoms with E-state index >= 15 is 0 Å². The third-order valence-electron chi connectivity index (χ3n) is 2.80. The quantitative estimate of drug-likeness (QED) is 0.758. The molecule has 0 heterocycles. The topological polar surface area (TPSA) is 58.6 Å². The monoisotopic (exact) mass is 253 g/mol. The van der Waals surface area contributed by atoms with Gasteiger partial charge in [-0.25, -0.2) is 4.39 Å². The summed E-state index contributed by atoms with van der Waals surface area (Å²) in [6, 6.07) is 3.76. The number of halogens is 1. The smallest absolute Gasteiger partial charge is 0.258 e. The lowest BCUT2D eigenvalue weighted by atomic mass is 10.2. The van der Waals surface area contributed by atoms with Gasteiger partial charge in [0.25, 0.3) is 5.91 Å². The van der Waals surface area contributed by atoms with E-state index in [0.717, 1.165) is 12.7 Å². The van der Waals surface area contributed by atoms with Gasteiger partial charge in [-0.15, -0.1) is 0 Å². The highest BCUT2D eigenvalue weighted by Crippen LogP contribution is 2.28. The third kappa shape index (κ3) is 3.43. The summed E-state index contributed by atoms with van der Waals surface area (Å²) in [5, 5.41) is 11.9. The third-order valence-corrected chi connectivity index (χ3v) is 2.80. The van der Waals surface area contributed by atoms with Crippen LogP contribution in [0.15, 0.2) is 18.2 Å². The molecule has 1 aromatic rings. The molecule has 1 aromatic carbocycles. The first kappa shape index (κ1) is 12.8. The van der Waals surface area contributed by atoms with Gasteiger partial charge in [0.1, 0.15) is 17.1 Å². The number of nitrogens with one attached hydrogen (secondary N) is 1. The summed E-state index contributed by atoms with van der Waals surface area (Å²) in [5.74, 6) is -1.03. The molecule has 0 saturated heterocycles. The van der Waals surface area contributed by atoms with E-state index in [9.17, 15) is 14.3 Å². The van der Waals surface area contributed by atoms with Crippen molar-refractivity contribution in [3.05, 3.63) is 29.6 Å². The van der Waals surface area contributed by atoms with Gasteiger partial charge in [0.05, 0.1) is 6.61 Å². The second-order valence-corrected chi connectivity index (χ2v) is 4.41. The molecule has 0 atom stereocenters. The number of aromatic hydroxyl groups is 1. The van der Waals surface area contributed by atoms with Crippen molar-refractivity contribution in [2.45, 2.75) is 12.8 Å². The number of phenols is 1. The number of hydrogen-bond acceptors (Lipinski definition) is 3. The van der Waals surface area contributed by atoms with Crippen LogP contribution < -0.4 is 5.32 Å². The van der Waals surface area contributed by atoms with Crippen LogP contribution in [-0.4, -0.2) is 30.8 Å². The number of benzene rings is 1. The number of amides is 1. The first-order chi connectivity index (χ1) is 8.68. The number of hydrogen-bond donors (Lipinski definition) is 2. The van der Waals surface area contributed by atoms with Gasteiger partial charge in [0.15, 0.2) is 0 Å². The highest BCUT2D eigenvalue weighted by Gasteiger charge is 2.21. The van der Waals surface area contributed by atoms with Crippen LogP contribution in [0.4, 0.5) is 4.39 Å². The Balaban J connectivity index is 1.76. The van der Waals surface area contributed by atoms with Crippen LogP contribution in [-0.2, 0) is 4.74 Å². The Morgan fingerprint density at radius 1 is 1.50 bits per heavy atom. The zero-order chi connectivity index (χ0) is 13.0. The van der Waals surface area contributed by atoms with Gasteiger partial charge in [0, 0.05) is 13.2 Å². The molecule has 2 rings (SSSR count). The van der Waals surface area contributed by atoms with E-state index in [0.29, 0.717) is 19.1 Å². The molecule has 4 nitrogen and oxygen atoms in total. The van der Waals surface area contributed by atoms with E-state index in [1.54, 1.807) is 0 Å². The molecular formula is C13H16FNO3. The molecule has 0 bridgehead atoms. The molecule has 0 radical (unpaired) electrons. The van der Waals surface area contributed by atoms with E-state index in [1.807, 2.05) is 0 Å². The molecule has 1 fully saturated rings. The fraction of sp³-hybridized carbons (Fsp3) is 0.462. The van der Waals surface area contributed by atoms with Crippen LogP contribution in [0, 0.1) is 11.7 Å². The van der Waals surface area contributed by atoms with E-state index in [-0.39, 0.29) is 11.3 Å². The molecule has 0 spiro atoms. The molecule has 98 valence electrons. The predicted octanol–water partition coefficient (Wildman–Crippen LogP) is 1.69. The Morgan fingerprint density at radius 3 is 2.94 bits per heavy atom. The molecule has 18 heavy (non-hydrogen) atoms. The maximum atomic E-state index is 13.3. The summed E-state index contributed by atoms with van der Waals surface area (Å²) >= 11 is 0. The number of carbonyl (C=O) groups excluding carboxylic acids is 1. The van der Waals surface area contributed by atoms with Crippen LogP contribution in [0.25, 0.3) is 0 Å².